The highest BCUT2D eigenvalue weighted by atomic mass is 35.5. The molecule has 3 rings (SSSR count). The van der Waals surface area contributed by atoms with Gasteiger partial charge < -0.3 is 14.8 Å². The molecule has 2 unspecified atom stereocenters. The van der Waals surface area contributed by atoms with Gasteiger partial charge in [0, 0.05) is 46.1 Å². The van der Waals surface area contributed by atoms with Crippen LogP contribution in [-0.2, 0) is 22.4 Å². The van der Waals surface area contributed by atoms with E-state index in [1.54, 1.807) is 14.2 Å². The molecule has 112 valence electrons. The topological polar surface area (TPSA) is 33.7 Å². The van der Waals surface area contributed by atoms with Crippen LogP contribution in [-0.4, -0.2) is 51.0 Å². The molecule has 0 aromatic heterocycles. The van der Waals surface area contributed by atoms with E-state index in [-0.39, 0.29) is 24.6 Å². The number of fused-ring (bicyclic) bond motifs is 1. The minimum atomic E-state index is 0. The first-order valence-electron chi connectivity index (χ1n) is 6.94. The number of benzene rings is 1. The molecule has 5 heteroatoms. The van der Waals surface area contributed by atoms with Gasteiger partial charge in [-0.1, -0.05) is 18.2 Å². The van der Waals surface area contributed by atoms with Gasteiger partial charge in [-0.25, -0.2) is 0 Å². The largest absolute Gasteiger partial charge is 0.384 e. The fourth-order valence-corrected chi connectivity index (χ4v) is 3.18. The molecule has 1 fully saturated rings. The highest BCUT2D eigenvalue weighted by Gasteiger charge is 2.33. The van der Waals surface area contributed by atoms with Crippen LogP contribution in [0.4, 0.5) is 5.69 Å². The third kappa shape index (κ3) is 2.93. The first-order chi connectivity index (χ1) is 9.31. The molecule has 4 nitrogen and oxygen atoms in total. The van der Waals surface area contributed by atoms with Crippen LogP contribution in [0.25, 0.3) is 0 Å². The summed E-state index contributed by atoms with van der Waals surface area (Å²) in [5, 5.41) is 3.50. The van der Waals surface area contributed by atoms with Crippen molar-refractivity contribution in [3.63, 3.8) is 0 Å². The Hall–Kier alpha value is -0.810. The van der Waals surface area contributed by atoms with Crippen molar-refractivity contribution in [2.24, 2.45) is 0 Å². The van der Waals surface area contributed by atoms with Gasteiger partial charge in [-0.15, -0.1) is 12.4 Å². The second-order valence-corrected chi connectivity index (χ2v) is 5.37. The van der Waals surface area contributed by atoms with Crippen molar-refractivity contribution in [1.29, 1.82) is 0 Å². The molecule has 1 aromatic carbocycles. The number of methoxy groups -OCH3 is 2. The van der Waals surface area contributed by atoms with E-state index in [1.807, 2.05) is 0 Å². The number of likely N-dealkylation sites (tertiary alicyclic amines) is 1. The zero-order valence-corrected chi connectivity index (χ0v) is 12.9. The second-order valence-electron chi connectivity index (χ2n) is 5.37. The third-order valence-corrected chi connectivity index (χ3v) is 4.22. The molecule has 0 bridgehead atoms. The molecule has 1 N–H and O–H groups in total. The molecular formula is C15H23ClN2O2. The summed E-state index contributed by atoms with van der Waals surface area (Å²) in [5.74, 6) is 0. The summed E-state index contributed by atoms with van der Waals surface area (Å²) >= 11 is 0. The SMILES string of the molecule is COC1CN(Cc2cccc3c2NCC3)CC1OC.Cl. The number of ether oxygens (including phenoxy) is 2. The number of hydrogen-bond acceptors (Lipinski definition) is 4. The van der Waals surface area contributed by atoms with Crippen molar-refractivity contribution in [2.75, 3.05) is 39.2 Å². The number of anilines is 1. The van der Waals surface area contributed by atoms with E-state index in [0.29, 0.717) is 0 Å². The molecular weight excluding hydrogens is 276 g/mol. The lowest BCUT2D eigenvalue weighted by Gasteiger charge is -2.17. The highest BCUT2D eigenvalue weighted by molar-refractivity contribution is 5.85. The van der Waals surface area contributed by atoms with Crippen molar-refractivity contribution < 1.29 is 9.47 Å². The van der Waals surface area contributed by atoms with E-state index in [4.69, 9.17) is 9.47 Å². The van der Waals surface area contributed by atoms with Crippen LogP contribution >= 0.6 is 12.4 Å². The summed E-state index contributed by atoms with van der Waals surface area (Å²) in [7, 11) is 3.53. The Bertz CT molecular complexity index is 443. The Kier molecular flexibility index (Phi) is 5.27. The molecule has 0 saturated carbocycles. The van der Waals surface area contributed by atoms with Gasteiger partial charge in [0.2, 0.25) is 0 Å². The van der Waals surface area contributed by atoms with E-state index in [9.17, 15) is 0 Å². The Morgan fingerprint density at radius 1 is 1.20 bits per heavy atom. The predicted molar refractivity (Wildman–Crippen MR) is 82.8 cm³/mol. The minimum absolute atomic E-state index is 0. The Morgan fingerprint density at radius 2 is 1.90 bits per heavy atom. The van der Waals surface area contributed by atoms with Gasteiger partial charge in [0.05, 0.1) is 12.2 Å². The summed E-state index contributed by atoms with van der Waals surface area (Å²) in [5.41, 5.74) is 4.18. The van der Waals surface area contributed by atoms with E-state index in [2.05, 4.69) is 28.4 Å². The van der Waals surface area contributed by atoms with Crippen molar-refractivity contribution in [2.45, 2.75) is 25.2 Å². The average molecular weight is 299 g/mol. The van der Waals surface area contributed by atoms with Gasteiger partial charge in [0.1, 0.15) is 0 Å². The quantitative estimate of drug-likeness (QED) is 0.921. The van der Waals surface area contributed by atoms with Crippen LogP contribution in [0.5, 0.6) is 0 Å². The number of nitrogens with zero attached hydrogens (tertiary/aromatic N) is 1. The van der Waals surface area contributed by atoms with Crippen molar-refractivity contribution >= 4 is 18.1 Å². The number of rotatable bonds is 4. The molecule has 2 atom stereocenters. The molecule has 0 aliphatic carbocycles. The zero-order valence-electron chi connectivity index (χ0n) is 12.1. The maximum Gasteiger partial charge on any atom is 0.0971 e. The fourth-order valence-electron chi connectivity index (χ4n) is 3.18. The first kappa shape index (κ1) is 15.6. The number of nitrogens with one attached hydrogen (secondary N) is 1. The average Bonchev–Trinajstić information content (AvgIpc) is 3.04. The summed E-state index contributed by atoms with van der Waals surface area (Å²) < 4.78 is 11.0. The van der Waals surface area contributed by atoms with Gasteiger partial charge in [0.15, 0.2) is 0 Å². The van der Waals surface area contributed by atoms with Crippen LogP contribution in [0.2, 0.25) is 0 Å². The maximum absolute atomic E-state index is 5.49. The Morgan fingerprint density at radius 3 is 2.55 bits per heavy atom. The van der Waals surface area contributed by atoms with Gasteiger partial charge in [0.25, 0.3) is 0 Å². The second kappa shape index (κ2) is 6.76. The standard InChI is InChI=1S/C15H22N2O2.ClH/c1-18-13-9-17(10-14(13)19-2)8-12-5-3-4-11-6-7-16-15(11)12;/h3-5,13-14,16H,6-10H2,1-2H3;1H. The van der Waals surface area contributed by atoms with Crippen LogP contribution in [0, 0.1) is 0 Å². The van der Waals surface area contributed by atoms with Gasteiger partial charge in [-0.2, -0.15) is 0 Å². The van der Waals surface area contributed by atoms with Gasteiger partial charge in [-0.3, -0.25) is 4.90 Å². The molecule has 2 aliphatic rings. The smallest absolute Gasteiger partial charge is 0.0971 e. The predicted octanol–water partition coefficient (Wildman–Crippen LogP) is 1.92. The maximum atomic E-state index is 5.49. The van der Waals surface area contributed by atoms with Crippen LogP contribution in [0.15, 0.2) is 18.2 Å². The number of hydrogen-bond donors (Lipinski definition) is 1. The summed E-state index contributed by atoms with van der Waals surface area (Å²) in [6, 6.07) is 6.61. The molecule has 2 aliphatic heterocycles. The molecule has 1 aromatic rings. The molecule has 0 spiro atoms. The van der Waals surface area contributed by atoms with Gasteiger partial charge >= 0.3 is 0 Å². The third-order valence-electron chi connectivity index (χ3n) is 4.22. The van der Waals surface area contributed by atoms with E-state index in [0.717, 1.165) is 32.6 Å². The van der Waals surface area contributed by atoms with Crippen LogP contribution in [0.3, 0.4) is 0 Å². The molecule has 2 heterocycles. The molecule has 20 heavy (non-hydrogen) atoms. The Balaban J connectivity index is 0.00000147. The summed E-state index contributed by atoms with van der Waals surface area (Å²) in [4.78, 5) is 2.41. The van der Waals surface area contributed by atoms with E-state index < -0.39 is 0 Å². The van der Waals surface area contributed by atoms with Crippen molar-refractivity contribution in [3.05, 3.63) is 29.3 Å². The fraction of sp³-hybridized carbons (Fsp3) is 0.600. The van der Waals surface area contributed by atoms with E-state index >= 15 is 0 Å². The molecule has 0 radical (unpaired) electrons. The Labute approximate surface area is 126 Å². The van der Waals surface area contributed by atoms with Crippen molar-refractivity contribution in [3.8, 4) is 0 Å². The summed E-state index contributed by atoms with van der Waals surface area (Å²) in [6.07, 6.45) is 1.52. The van der Waals surface area contributed by atoms with Crippen molar-refractivity contribution in [1.82, 2.24) is 4.90 Å². The van der Waals surface area contributed by atoms with Gasteiger partial charge in [-0.05, 0) is 17.5 Å². The number of para-hydroxylation sites is 1. The van der Waals surface area contributed by atoms with Crippen LogP contribution in [0.1, 0.15) is 11.1 Å². The summed E-state index contributed by atoms with van der Waals surface area (Å²) in [6.45, 7) is 3.92. The lowest BCUT2D eigenvalue weighted by molar-refractivity contribution is -0.00461. The zero-order chi connectivity index (χ0) is 13.2. The molecule has 0 amide bonds. The number of halogens is 1. The molecule has 1 saturated heterocycles. The lowest BCUT2D eigenvalue weighted by Crippen LogP contribution is -2.27. The monoisotopic (exact) mass is 298 g/mol. The first-order valence-corrected chi connectivity index (χ1v) is 6.94. The minimum Gasteiger partial charge on any atom is -0.384 e. The highest BCUT2D eigenvalue weighted by Crippen LogP contribution is 2.28. The normalized spacial score (nSPS) is 25.1. The van der Waals surface area contributed by atoms with E-state index in [1.165, 1.54) is 16.8 Å². The van der Waals surface area contributed by atoms with Crippen LogP contribution < -0.4 is 5.32 Å². The lowest BCUT2D eigenvalue weighted by atomic mass is 10.1.